The van der Waals surface area contributed by atoms with Crippen molar-refractivity contribution in [3.8, 4) is 67.5 Å². The minimum atomic E-state index is 0.701. The van der Waals surface area contributed by atoms with Crippen LogP contribution in [0, 0.1) is 0 Å². The lowest BCUT2D eigenvalue weighted by Crippen LogP contribution is -1.96. The zero-order valence-electron chi connectivity index (χ0n) is 33.7. The molecule has 0 saturated heterocycles. The SMILES string of the molecule is c1ccc(-c2cc(-c3ccccc3)nc(-c3cccc(-c4ccc5c(c4)c4ccccc4n5-c4ccc(-c5ccc6c7ccccc7n(-c7ccccc7)c6c5)cc4)c3)n2)cc1. The van der Waals surface area contributed by atoms with Crippen LogP contribution in [0.4, 0.5) is 0 Å². The fourth-order valence-corrected chi connectivity index (χ4v) is 9.17. The van der Waals surface area contributed by atoms with Crippen LogP contribution in [0.1, 0.15) is 0 Å². The van der Waals surface area contributed by atoms with E-state index in [0.717, 1.165) is 50.6 Å². The van der Waals surface area contributed by atoms with Gasteiger partial charge in [0.1, 0.15) is 0 Å². The van der Waals surface area contributed by atoms with Gasteiger partial charge in [0.2, 0.25) is 0 Å². The smallest absolute Gasteiger partial charge is 0.160 e. The van der Waals surface area contributed by atoms with E-state index in [1.54, 1.807) is 0 Å². The second-order valence-corrected chi connectivity index (χ2v) is 15.8. The lowest BCUT2D eigenvalue weighted by molar-refractivity contribution is 1.18. The van der Waals surface area contributed by atoms with Gasteiger partial charge in [-0.1, -0.05) is 164 Å². The third-order valence-corrected chi connectivity index (χ3v) is 12.1. The quantitative estimate of drug-likeness (QED) is 0.161. The first-order chi connectivity index (χ1) is 30.7. The van der Waals surface area contributed by atoms with Gasteiger partial charge >= 0.3 is 0 Å². The molecule has 0 fully saturated rings. The highest BCUT2D eigenvalue weighted by molar-refractivity contribution is 6.11. The van der Waals surface area contributed by atoms with E-state index in [0.29, 0.717) is 5.82 Å². The molecule has 0 amide bonds. The van der Waals surface area contributed by atoms with Gasteiger partial charge in [0.25, 0.3) is 0 Å². The first-order valence-electron chi connectivity index (χ1n) is 21.1. The molecular formula is C58H38N4. The minimum Gasteiger partial charge on any atom is -0.309 e. The molecule has 0 radical (unpaired) electrons. The molecule has 12 rings (SSSR count). The summed E-state index contributed by atoms with van der Waals surface area (Å²) in [6.45, 7) is 0. The van der Waals surface area contributed by atoms with Crippen LogP contribution < -0.4 is 0 Å². The highest BCUT2D eigenvalue weighted by Gasteiger charge is 2.17. The summed E-state index contributed by atoms with van der Waals surface area (Å²) in [5.41, 5.74) is 16.6. The van der Waals surface area contributed by atoms with Gasteiger partial charge in [-0.2, -0.15) is 0 Å². The summed E-state index contributed by atoms with van der Waals surface area (Å²) in [6.07, 6.45) is 0. The highest BCUT2D eigenvalue weighted by atomic mass is 15.0. The largest absolute Gasteiger partial charge is 0.309 e. The number of hydrogen-bond acceptors (Lipinski definition) is 2. The molecule has 0 aliphatic rings. The standard InChI is InChI=1S/C58H38N4/c1-4-15-40(16-5-1)52-38-53(41-17-6-2-7-18-41)60-58(59-52)45-20-14-19-42(35-45)43-30-34-56-51(36-43)49-24-11-13-26-55(49)61(56)47-31-27-39(28-32-47)44-29-33-50-48-23-10-12-25-54(48)62(57(50)37-44)46-21-8-3-9-22-46/h1-38H. The summed E-state index contributed by atoms with van der Waals surface area (Å²) in [5, 5.41) is 4.94. The fraction of sp³-hybridized carbons (Fsp3) is 0. The van der Waals surface area contributed by atoms with Crippen molar-refractivity contribution >= 4 is 43.6 Å². The predicted molar refractivity (Wildman–Crippen MR) is 258 cm³/mol. The number of para-hydroxylation sites is 3. The molecule has 4 heteroatoms. The van der Waals surface area contributed by atoms with Crippen molar-refractivity contribution < 1.29 is 0 Å². The van der Waals surface area contributed by atoms with Crippen LogP contribution in [-0.2, 0) is 0 Å². The van der Waals surface area contributed by atoms with Crippen LogP contribution in [-0.4, -0.2) is 19.1 Å². The zero-order valence-corrected chi connectivity index (χ0v) is 33.7. The first-order valence-corrected chi connectivity index (χ1v) is 21.1. The number of benzene rings is 9. The molecule has 9 aromatic carbocycles. The maximum Gasteiger partial charge on any atom is 0.160 e. The molecule has 3 heterocycles. The predicted octanol–water partition coefficient (Wildman–Crippen LogP) is 15.0. The second kappa shape index (κ2) is 14.7. The van der Waals surface area contributed by atoms with E-state index in [4.69, 9.17) is 9.97 Å². The number of hydrogen-bond donors (Lipinski definition) is 0. The highest BCUT2D eigenvalue weighted by Crippen LogP contribution is 2.38. The van der Waals surface area contributed by atoms with Gasteiger partial charge in [-0.05, 0) is 89.0 Å². The van der Waals surface area contributed by atoms with Gasteiger partial charge < -0.3 is 9.13 Å². The van der Waals surface area contributed by atoms with Gasteiger partial charge in [0, 0.05) is 49.6 Å². The zero-order chi connectivity index (χ0) is 41.0. The molecule has 0 aliphatic heterocycles. The van der Waals surface area contributed by atoms with Crippen LogP contribution in [0.15, 0.2) is 231 Å². The van der Waals surface area contributed by atoms with Crippen LogP contribution in [0.25, 0.3) is 111 Å². The van der Waals surface area contributed by atoms with E-state index in [2.05, 4.69) is 228 Å². The molecule has 0 N–H and O–H groups in total. The molecule has 0 saturated carbocycles. The lowest BCUT2D eigenvalue weighted by atomic mass is 10.00. The van der Waals surface area contributed by atoms with Crippen LogP contribution >= 0.6 is 0 Å². The molecule has 0 atom stereocenters. The average Bonchev–Trinajstić information content (AvgIpc) is 3.87. The second-order valence-electron chi connectivity index (χ2n) is 15.8. The Hall–Kier alpha value is -8.34. The van der Waals surface area contributed by atoms with Crippen molar-refractivity contribution in [2.45, 2.75) is 0 Å². The summed E-state index contributed by atoms with van der Waals surface area (Å²) >= 11 is 0. The van der Waals surface area contributed by atoms with Crippen molar-refractivity contribution in [1.82, 2.24) is 19.1 Å². The van der Waals surface area contributed by atoms with Crippen LogP contribution in [0.5, 0.6) is 0 Å². The third-order valence-electron chi connectivity index (χ3n) is 12.1. The Bertz CT molecular complexity index is 3550. The van der Waals surface area contributed by atoms with Gasteiger partial charge in [0.15, 0.2) is 5.82 Å². The summed E-state index contributed by atoms with van der Waals surface area (Å²) in [6, 6.07) is 82.2. The van der Waals surface area contributed by atoms with E-state index in [1.807, 2.05) is 12.1 Å². The maximum absolute atomic E-state index is 5.11. The Morgan fingerprint density at radius 2 is 0.694 bits per heavy atom. The Kier molecular flexibility index (Phi) is 8.46. The van der Waals surface area contributed by atoms with Crippen molar-refractivity contribution in [1.29, 1.82) is 0 Å². The third kappa shape index (κ3) is 6.08. The summed E-state index contributed by atoms with van der Waals surface area (Å²) in [7, 11) is 0. The maximum atomic E-state index is 5.11. The minimum absolute atomic E-state index is 0.701. The molecule has 0 unspecified atom stereocenters. The molecule has 12 aromatic rings. The monoisotopic (exact) mass is 790 g/mol. The summed E-state index contributed by atoms with van der Waals surface area (Å²) in [4.78, 5) is 10.2. The van der Waals surface area contributed by atoms with Crippen molar-refractivity contribution in [3.63, 3.8) is 0 Å². The number of nitrogens with zero attached hydrogens (tertiary/aromatic N) is 4. The van der Waals surface area contributed by atoms with Crippen LogP contribution in [0.3, 0.4) is 0 Å². The molecule has 0 spiro atoms. The number of aromatic nitrogens is 4. The van der Waals surface area contributed by atoms with E-state index >= 15 is 0 Å². The van der Waals surface area contributed by atoms with Crippen molar-refractivity contribution in [3.05, 3.63) is 231 Å². The lowest BCUT2D eigenvalue weighted by Gasteiger charge is -2.11. The number of fused-ring (bicyclic) bond motifs is 6. The van der Waals surface area contributed by atoms with E-state index in [1.165, 1.54) is 54.7 Å². The van der Waals surface area contributed by atoms with E-state index < -0.39 is 0 Å². The fourth-order valence-electron chi connectivity index (χ4n) is 9.17. The van der Waals surface area contributed by atoms with E-state index in [-0.39, 0.29) is 0 Å². The molecule has 0 bridgehead atoms. The molecule has 4 nitrogen and oxygen atoms in total. The Morgan fingerprint density at radius 1 is 0.242 bits per heavy atom. The summed E-state index contributed by atoms with van der Waals surface area (Å²) in [5.74, 6) is 0.701. The summed E-state index contributed by atoms with van der Waals surface area (Å²) < 4.78 is 4.77. The molecule has 62 heavy (non-hydrogen) atoms. The van der Waals surface area contributed by atoms with E-state index in [9.17, 15) is 0 Å². The van der Waals surface area contributed by atoms with Crippen LogP contribution in [0.2, 0.25) is 0 Å². The Morgan fingerprint density at radius 3 is 1.37 bits per heavy atom. The van der Waals surface area contributed by atoms with Gasteiger partial charge in [0.05, 0.1) is 33.5 Å². The van der Waals surface area contributed by atoms with Gasteiger partial charge in [-0.15, -0.1) is 0 Å². The molecular weight excluding hydrogens is 753 g/mol. The molecule has 0 aliphatic carbocycles. The number of rotatable bonds is 7. The molecule has 3 aromatic heterocycles. The topological polar surface area (TPSA) is 35.6 Å². The average molecular weight is 791 g/mol. The van der Waals surface area contributed by atoms with Crippen molar-refractivity contribution in [2.75, 3.05) is 0 Å². The Balaban J connectivity index is 0.921. The van der Waals surface area contributed by atoms with Crippen molar-refractivity contribution in [2.24, 2.45) is 0 Å². The normalized spacial score (nSPS) is 11.5. The Labute approximate surface area is 359 Å². The van der Waals surface area contributed by atoms with Gasteiger partial charge in [-0.3, -0.25) is 0 Å². The first kappa shape index (κ1) is 35.6. The molecule has 290 valence electrons. The van der Waals surface area contributed by atoms with Gasteiger partial charge in [-0.25, -0.2) is 9.97 Å².